The van der Waals surface area contributed by atoms with Gasteiger partial charge in [-0.15, -0.1) is 0 Å². The van der Waals surface area contributed by atoms with Crippen LogP contribution in [-0.2, 0) is 0 Å². The van der Waals surface area contributed by atoms with Crippen LogP contribution in [0, 0.1) is 0 Å². The molecule has 0 unspecified atom stereocenters. The highest BCUT2D eigenvalue weighted by atomic mass is 15.3. The molecule has 70 valence electrons. The van der Waals surface area contributed by atoms with Gasteiger partial charge in [0, 0.05) is 0 Å². The van der Waals surface area contributed by atoms with Crippen LogP contribution >= 0.6 is 0 Å². The Bertz CT molecular complexity index is 272. The Labute approximate surface area is 80.9 Å². The maximum Gasteiger partial charge on any atom is 0.0960 e. The zero-order valence-electron chi connectivity index (χ0n) is 8.70. The van der Waals surface area contributed by atoms with Gasteiger partial charge in [-0.05, 0) is 18.6 Å². The number of benzene rings is 1. The molecule has 0 heterocycles. The summed E-state index contributed by atoms with van der Waals surface area (Å²) in [5.74, 6) is 0. The van der Waals surface area contributed by atoms with Crippen molar-refractivity contribution in [3.8, 4) is 0 Å². The lowest BCUT2D eigenvalue weighted by Crippen LogP contribution is -2.32. The summed E-state index contributed by atoms with van der Waals surface area (Å²) < 4.78 is 0.925. The molecule has 1 rings (SSSR count). The molecular weight excluding hydrogens is 158 g/mol. The molecule has 13 heavy (non-hydrogen) atoms. The van der Waals surface area contributed by atoms with Gasteiger partial charge < -0.3 is 4.48 Å². The monoisotopic (exact) mass is 176 g/mol. The van der Waals surface area contributed by atoms with Crippen molar-refractivity contribution < 1.29 is 4.48 Å². The fourth-order valence-corrected chi connectivity index (χ4v) is 0.957. The first-order valence-electron chi connectivity index (χ1n) is 4.71. The lowest BCUT2D eigenvalue weighted by molar-refractivity contribution is -0.836. The number of hydrogen-bond acceptors (Lipinski definition) is 0. The molecule has 0 aliphatic rings. The number of rotatable bonds is 3. The van der Waals surface area contributed by atoms with E-state index in [2.05, 4.69) is 57.6 Å². The van der Waals surface area contributed by atoms with Crippen LogP contribution in [0.15, 0.2) is 36.5 Å². The number of nitrogens with zero attached hydrogens (tertiary/aromatic N) is 1. The molecule has 1 aromatic carbocycles. The molecule has 1 aromatic rings. The SMILES string of the molecule is CC[N+](C)(C)C=Cc1ccccc1. The van der Waals surface area contributed by atoms with Crippen LogP contribution < -0.4 is 0 Å². The third-order valence-electron chi connectivity index (χ3n) is 2.29. The van der Waals surface area contributed by atoms with Gasteiger partial charge in [0.25, 0.3) is 0 Å². The average Bonchev–Trinajstić information content (AvgIpc) is 2.17. The van der Waals surface area contributed by atoms with Crippen LogP contribution in [-0.4, -0.2) is 25.1 Å². The highest BCUT2D eigenvalue weighted by molar-refractivity contribution is 5.47. The summed E-state index contributed by atoms with van der Waals surface area (Å²) in [6, 6.07) is 10.4. The zero-order chi connectivity index (χ0) is 9.73. The van der Waals surface area contributed by atoms with Crippen LogP contribution in [0.1, 0.15) is 12.5 Å². The van der Waals surface area contributed by atoms with E-state index >= 15 is 0 Å². The summed E-state index contributed by atoms with van der Waals surface area (Å²) in [5, 5.41) is 0. The van der Waals surface area contributed by atoms with E-state index in [1.165, 1.54) is 5.56 Å². The van der Waals surface area contributed by atoms with Gasteiger partial charge in [-0.3, -0.25) is 0 Å². The highest BCUT2D eigenvalue weighted by Gasteiger charge is 2.05. The maximum atomic E-state index is 2.22. The Hall–Kier alpha value is -1.08. The Morgan fingerprint density at radius 3 is 2.31 bits per heavy atom. The van der Waals surface area contributed by atoms with E-state index < -0.39 is 0 Å². The number of hydrogen-bond donors (Lipinski definition) is 0. The van der Waals surface area contributed by atoms with Crippen LogP contribution in [0.4, 0.5) is 0 Å². The second kappa shape index (κ2) is 4.24. The van der Waals surface area contributed by atoms with E-state index in [0.29, 0.717) is 0 Å². The summed E-state index contributed by atoms with van der Waals surface area (Å²) in [5.41, 5.74) is 1.27. The van der Waals surface area contributed by atoms with E-state index in [0.717, 1.165) is 11.0 Å². The fraction of sp³-hybridized carbons (Fsp3) is 0.333. The van der Waals surface area contributed by atoms with Crippen LogP contribution in [0.5, 0.6) is 0 Å². The normalized spacial score (nSPS) is 12.2. The van der Waals surface area contributed by atoms with E-state index in [9.17, 15) is 0 Å². The van der Waals surface area contributed by atoms with E-state index in [1.54, 1.807) is 0 Å². The standard InChI is InChI=1S/C12H18N/c1-4-13(2,3)11-10-12-8-6-5-7-9-12/h5-11H,4H2,1-3H3/q+1. The highest BCUT2D eigenvalue weighted by Crippen LogP contribution is 2.05. The number of quaternary nitrogens is 1. The van der Waals surface area contributed by atoms with Gasteiger partial charge >= 0.3 is 0 Å². The third-order valence-corrected chi connectivity index (χ3v) is 2.29. The minimum Gasteiger partial charge on any atom is -0.302 e. The molecule has 0 fully saturated rings. The average molecular weight is 176 g/mol. The first kappa shape index (κ1) is 10.0. The van der Waals surface area contributed by atoms with Crippen molar-refractivity contribution in [1.82, 2.24) is 0 Å². The van der Waals surface area contributed by atoms with Gasteiger partial charge in [0.05, 0.1) is 26.8 Å². The summed E-state index contributed by atoms with van der Waals surface area (Å²) >= 11 is 0. The minimum absolute atomic E-state index is 0.925. The van der Waals surface area contributed by atoms with E-state index in [4.69, 9.17) is 0 Å². The van der Waals surface area contributed by atoms with Crippen molar-refractivity contribution in [3.63, 3.8) is 0 Å². The predicted molar refractivity (Wildman–Crippen MR) is 58.1 cm³/mol. The second-order valence-electron chi connectivity index (χ2n) is 3.82. The second-order valence-corrected chi connectivity index (χ2v) is 3.82. The molecule has 0 bridgehead atoms. The lowest BCUT2D eigenvalue weighted by Gasteiger charge is -2.22. The molecule has 1 nitrogen and oxygen atoms in total. The lowest BCUT2D eigenvalue weighted by atomic mass is 10.2. The zero-order valence-corrected chi connectivity index (χ0v) is 8.70. The molecular formula is C12H18N+. The molecule has 0 aliphatic carbocycles. The van der Waals surface area contributed by atoms with Crippen molar-refractivity contribution in [2.24, 2.45) is 0 Å². The van der Waals surface area contributed by atoms with E-state index in [-0.39, 0.29) is 0 Å². The van der Waals surface area contributed by atoms with Gasteiger partial charge in [0.1, 0.15) is 0 Å². The smallest absolute Gasteiger partial charge is 0.0960 e. The topological polar surface area (TPSA) is 0 Å². The molecule has 0 spiro atoms. The van der Waals surface area contributed by atoms with Gasteiger partial charge in [0.2, 0.25) is 0 Å². The summed E-state index contributed by atoms with van der Waals surface area (Å²) in [4.78, 5) is 0. The summed E-state index contributed by atoms with van der Waals surface area (Å²) in [6.45, 7) is 3.30. The van der Waals surface area contributed by atoms with Crippen molar-refractivity contribution in [1.29, 1.82) is 0 Å². The molecule has 0 aromatic heterocycles. The quantitative estimate of drug-likeness (QED) is 0.621. The predicted octanol–water partition coefficient (Wildman–Crippen LogP) is 2.75. The molecule has 0 aliphatic heterocycles. The first-order chi connectivity index (χ1) is 6.14. The van der Waals surface area contributed by atoms with Gasteiger partial charge in [-0.1, -0.05) is 30.3 Å². The first-order valence-corrected chi connectivity index (χ1v) is 4.71. The fourth-order valence-electron chi connectivity index (χ4n) is 0.957. The van der Waals surface area contributed by atoms with Crippen molar-refractivity contribution >= 4 is 6.08 Å². The third kappa shape index (κ3) is 3.43. The maximum absolute atomic E-state index is 2.22. The largest absolute Gasteiger partial charge is 0.302 e. The van der Waals surface area contributed by atoms with Crippen LogP contribution in [0.3, 0.4) is 0 Å². The Morgan fingerprint density at radius 2 is 1.77 bits per heavy atom. The van der Waals surface area contributed by atoms with Gasteiger partial charge in [-0.2, -0.15) is 0 Å². The molecule has 0 amide bonds. The summed E-state index contributed by atoms with van der Waals surface area (Å²) in [7, 11) is 4.39. The Kier molecular flexibility index (Phi) is 3.26. The Morgan fingerprint density at radius 1 is 1.15 bits per heavy atom. The molecule has 0 N–H and O–H groups in total. The molecule has 1 heteroatoms. The molecule has 0 saturated heterocycles. The van der Waals surface area contributed by atoms with E-state index in [1.807, 2.05) is 6.07 Å². The van der Waals surface area contributed by atoms with Crippen molar-refractivity contribution in [3.05, 3.63) is 42.1 Å². The minimum atomic E-state index is 0.925. The van der Waals surface area contributed by atoms with Gasteiger partial charge in [-0.25, -0.2) is 0 Å². The van der Waals surface area contributed by atoms with Crippen LogP contribution in [0.25, 0.3) is 6.08 Å². The molecule has 0 radical (unpaired) electrons. The molecule has 0 atom stereocenters. The van der Waals surface area contributed by atoms with Crippen molar-refractivity contribution in [2.45, 2.75) is 6.92 Å². The van der Waals surface area contributed by atoms with Crippen molar-refractivity contribution in [2.75, 3.05) is 20.6 Å². The molecule has 0 saturated carbocycles. The van der Waals surface area contributed by atoms with Crippen LogP contribution in [0.2, 0.25) is 0 Å². The van der Waals surface area contributed by atoms with Gasteiger partial charge in [0.15, 0.2) is 0 Å². The summed E-state index contributed by atoms with van der Waals surface area (Å²) in [6.07, 6.45) is 4.39. The Balaban J connectivity index is 2.69.